The number of hydrogen-bond donors (Lipinski definition) is 7. The van der Waals surface area contributed by atoms with Gasteiger partial charge in [0.2, 0.25) is 35.4 Å². The Labute approximate surface area is 817 Å². The van der Waals surface area contributed by atoms with Crippen molar-refractivity contribution < 1.29 is 202 Å². The van der Waals surface area contributed by atoms with E-state index in [4.69, 9.17) is 98.8 Å². The van der Waals surface area contributed by atoms with Crippen LogP contribution >= 0.6 is 7.82 Å². The molecule has 0 aromatic heterocycles. The summed E-state index contributed by atoms with van der Waals surface area (Å²) in [5.74, 6) is -15.1. The maximum atomic E-state index is 15.0. The molecule has 4 aliphatic heterocycles. The van der Waals surface area contributed by atoms with Crippen LogP contribution in [0, 0.1) is 0 Å². The maximum Gasteiger partial charge on any atom is 0.477 e. The number of rotatable bonds is 46. The summed E-state index contributed by atoms with van der Waals surface area (Å²) >= 11 is 0. The third-order valence-electron chi connectivity index (χ3n) is 20.7. The Hall–Kier alpha value is -11.9. The van der Waals surface area contributed by atoms with Crippen LogP contribution in [0.4, 0.5) is 0 Å². The lowest BCUT2D eigenvalue weighted by Gasteiger charge is -2.50. The smallest absolute Gasteiger partial charge is 0.463 e. The molecule has 7 N–H and O–H groups in total. The predicted molar refractivity (Wildman–Crippen MR) is 480 cm³/mol. The predicted octanol–water partition coefficient (Wildman–Crippen LogP) is 0.782. The maximum absolute atomic E-state index is 15.0. The fourth-order valence-corrected chi connectivity index (χ4v) is 17.9. The van der Waals surface area contributed by atoms with Gasteiger partial charge in [0.15, 0.2) is 69.3 Å². The van der Waals surface area contributed by atoms with Crippen LogP contribution in [0.25, 0.3) is 0 Å². The number of amides is 6. The van der Waals surface area contributed by atoms with Gasteiger partial charge < -0.3 is 122 Å². The summed E-state index contributed by atoms with van der Waals surface area (Å²) in [6.07, 6.45) is -30.4. The highest BCUT2D eigenvalue weighted by Crippen LogP contribution is 2.54. The number of phosphoric acid groups is 1. The molecule has 784 valence electrons. The van der Waals surface area contributed by atoms with E-state index in [0.717, 1.165) is 83.1 Å². The summed E-state index contributed by atoms with van der Waals surface area (Å²) in [7, 11) is -12.6. The minimum Gasteiger partial charge on any atom is -0.463 e. The van der Waals surface area contributed by atoms with Crippen LogP contribution in [-0.2, 0) is 213 Å². The van der Waals surface area contributed by atoms with Crippen LogP contribution in [0.3, 0.4) is 0 Å². The zero-order valence-electron chi connectivity index (χ0n) is 80.3. The second-order valence-electron chi connectivity index (χ2n) is 32.4. The number of sulfone groups is 2. The molecule has 49 nitrogen and oxygen atoms in total. The lowest BCUT2D eigenvalue weighted by molar-refractivity contribution is -0.334. The molecule has 4 saturated heterocycles. The Balaban J connectivity index is 0.000000399. The van der Waals surface area contributed by atoms with Gasteiger partial charge in [0.05, 0.1) is 34.5 Å². The van der Waals surface area contributed by atoms with Crippen LogP contribution in [0.2, 0.25) is 0 Å². The number of phosphoric ester groups is 1. The molecule has 0 saturated carbocycles. The topological polar surface area (TPSA) is 645 Å². The minimum atomic E-state index is -4.91. The van der Waals surface area contributed by atoms with Crippen molar-refractivity contribution in [2.45, 2.75) is 281 Å². The van der Waals surface area contributed by atoms with Gasteiger partial charge >= 0.3 is 67.5 Å². The third-order valence-corrected chi connectivity index (χ3v) is 25.4. The summed E-state index contributed by atoms with van der Waals surface area (Å²) in [4.78, 5) is 204. The number of carbonyl (C=O) groups excluding carboxylic acids is 16. The normalized spacial score (nSPS) is 25.1. The highest BCUT2D eigenvalue weighted by molar-refractivity contribution is 7.91. The summed E-state index contributed by atoms with van der Waals surface area (Å²) < 4.78 is 188. The molecule has 6 amide bonds. The first-order chi connectivity index (χ1) is 66.8. The van der Waals surface area contributed by atoms with Crippen molar-refractivity contribution in [3.63, 3.8) is 0 Å². The highest BCUT2D eigenvalue weighted by atomic mass is 32.2. The van der Waals surface area contributed by atoms with Crippen LogP contribution in [0.1, 0.15) is 122 Å². The van der Waals surface area contributed by atoms with Crippen molar-refractivity contribution in [1.29, 1.82) is 0 Å². The number of esters is 10. The fraction of sp³-hybridized carbons (Fsp3) is 0.556. The molecule has 8 rings (SSSR count). The molecular weight excluding hydrogens is 1950 g/mol. The second-order valence-corrected chi connectivity index (χ2v) is 38.3. The van der Waals surface area contributed by atoms with Crippen molar-refractivity contribution in [2.75, 3.05) is 51.1 Å². The zero-order valence-corrected chi connectivity index (χ0v) is 82.9. The van der Waals surface area contributed by atoms with Gasteiger partial charge in [-0.3, -0.25) is 80.7 Å². The third kappa shape index (κ3) is 37.4. The van der Waals surface area contributed by atoms with Crippen LogP contribution in [0.5, 0.6) is 0 Å². The zero-order chi connectivity index (χ0) is 105. The van der Waals surface area contributed by atoms with E-state index >= 15 is 4.57 Å². The molecule has 4 heterocycles. The number of aliphatic hydroxyl groups excluding tert-OH is 1. The molecule has 4 aromatic rings. The van der Waals surface area contributed by atoms with Crippen molar-refractivity contribution in [2.24, 2.45) is 0 Å². The van der Waals surface area contributed by atoms with E-state index in [0.29, 0.717) is 11.1 Å². The molecule has 0 radical (unpaired) electrons. The number of nitrogens with one attached hydrogen (secondary N) is 6. The number of hydrogen-bond acceptors (Lipinski definition) is 43. The van der Waals surface area contributed by atoms with E-state index in [9.17, 15) is 98.7 Å². The van der Waals surface area contributed by atoms with Crippen molar-refractivity contribution in [1.82, 2.24) is 31.9 Å². The van der Waals surface area contributed by atoms with Gasteiger partial charge in [0.1, 0.15) is 137 Å². The Morgan fingerprint density at radius 1 is 0.352 bits per heavy atom. The van der Waals surface area contributed by atoms with Crippen molar-refractivity contribution in [3.05, 3.63) is 132 Å². The standard InChI is InChI=1S/C52H66N3O23PS.C38H53N3O20S/c1-30(50(63)67-24-25-80(65,66)40-22-16-11-17-23-40)53-49(62)31(2)72-47-44(55-33(4)57)52(78-79(64,70-26-38-18-12-9-13-19-38)71-27-39-20-14-10-15-21-39)76-42(29-69-35(6)59)46(47)77-51-43(54-32(3)56)48(74-37(8)61)45(73-36(7)60)41(75-51)28-68-34(5)58;1-18(36(49)53-14-15-62(51,52)26-12-10-9-11-13-26)39-35(48)19(2)56-33-29(40-20(3)42)37(50)59-27(16-54-22(5)44)32(33)61-38-30(41-21(4)43)34(58-25(8)47)31(57-24(7)46)28(60-38)17-55-23(6)45/h9-23,30-31,41-48,51-52H,24-29H2,1-8H3,(H,53,62)(H,54,56)(H,55,57);9-13,18-19,27-34,37-38,50H,14-17H2,1-8H3,(H,39,48)(H,40,42)(H,41,43)/t30-,31+,41+,42+,43+,44+,45+,46?,47+,48+,51-,52+;18-,19+,27+,28+,29+,30+,31+,32?,33+,34+,37-,38-/m00/s1. The van der Waals surface area contributed by atoms with Crippen molar-refractivity contribution in [3.8, 4) is 0 Å². The van der Waals surface area contributed by atoms with E-state index in [1.165, 1.54) is 76.2 Å². The van der Waals surface area contributed by atoms with Gasteiger partial charge in [0.25, 0.3) is 0 Å². The molecule has 142 heavy (non-hydrogen) atoms. The monoisotopic (exact) mass is 2070 g/mol. The minimum absolute atomic E-state index is 0.000727. The summed E-state index contributed by atoms with van der Waals surface area (Å²) in [6, 6.07) is 22.6. The summed E-state index contributed by atoms with van der Waals surface area (Å²) in [5, 5.41) is 26.1. The molecule has 0 aliphatic carbocycles. The Morgan fingerprint density at radius 2 is 0.634 bits per heavy atom. The van der Waals surface area contributed by atoms with Gasteiger partial charge in [-0.05, 0) is 63.1 Å². The number of aliphatic hydroxyl groups is 1. The van der Waals surface area contributed by atoms with Crippen molar-refractivity contribution >= 4 is 123 Å². The van der Waals surface area contributed by atoms with Gasteiger partial charge in [0, 0.05) is 83.1 Å². The largest absolute Gasteiger partial charge is 0.477 e. The Morgan fingerprint density at radius 3 is 0.951 bits per heavy atom. The quantitative estimate of drug-likeness (QED) is 0.0183. The number of carbonyl (C=O) groups is 16. The SMILES string of the molecule is CC(=O)N[C@H]1[C@H](OC2[C@@H](COC(C)=O)O[C@H](O)[C@H](NC(C)=O)[C@H]2O[C@H](C)C(=O)N[C@@H](C)C(=O)OCCS(=O)(=O)c2ccccc2)O[C@H](COC(C)=O)[C@@H](OC(C)=O)[C@@H]1OC(C)=O.CC(=O)N[C@H]1[C@H](OC2[C@@H](COC(C)=O)O[C@H](OP(=O)(OCc3ccccc3)OCc3ccccc3)[C@H](NC(C)=O)[C@H]2O[C@H](C)C(=O)N[C@@H](C)C(=O)OCCS(=O)(=O)c2ccccc2)O[C@H](COC(C)=O)[C@@H](OC(C)=O)[C@@H]1OC(C)=O. The number of ether oxygens (including phenoxy) is 18. The molecule has 52 heteroatoms. The van der Waals surface area contributed by atoms with Gasteiger partial charge in [-0.2, -0.15) is 0 Å². The van der Waals surface area contributed by atoms with Gasteiger partial charge in [-0.15, -0.1) is 0 Å². The highest BCUT2D eigenvalue weighted by Gasteiger charge is 2.60. The molecule has 4 aromatic carbocycles. The molecule has 2 unspecified atom stereocenters. The van der Waals surface area contributed by atoms with E-state index in [1.807, 2.05) is 0 Å². The van der Waals surface area contributed by atoms with E-state index in [-0.39, 0.29) is 23.0 Å². The summed E-state index contributed by atoms with van der Waals surface area (Å²) in [5.41, 5.74) is 1.05. The molecule has 24 atom stereocenters. The van der Waals surface area contributed by atoms with Crippen LogP contribution < -0.4 is 31.9 Å². The summed E-state index contributed by atoms with van der Waals surface area (Å²) in [6.45, 7) is 13.2. The van der Waals surface area contributed by atoms with Gasteiger partial charge in [-0.25, -0.2) is 31.0 Å². The molecular formula is C90H119N6O43PS2. The molecule has 4 aliphatic rings. The molecule has 0 spiro atoms. The van der Waals surface area contributed by atoms with Gasteiger partial charge in [-0.1, -0.05) is 97.1 Å². The first-order valence-electron chi connectivity index (χ1n) is 44.2. The van der Waals surface area contributed by atoms with Crippen LogP contribution in [-0.4, -0.2) is 315 Å². The lowest BCUT2D eigenvalue weighted by atomic mass is 9.93. The average molecular weight is 2070 g/mol. The fourth-order valence-electron chi connectivity index (χ4n) is 14.4. The first kappa shape index (κ1) is 117. The van der Waals surface area contributed by atoms with E-state index in [1.54, 1.807) is 72.8 Å². The second kappa shape index (κ2) is 55.6. The Kier molecular flexibility index (Phi) is 45.8. The van der Waals surface area contributed by atoms with E-state index in [2.05, 4.69) is 31.9 Å². The first-order valence-corrected chi connectivity index (χ1v) is 49.0. The average Bonchev–Trinajstić information content (AvgIpc) is 0.771. The number of benzene rings is 4. The molecule has 0 bridgehead atoms. The van der Waals surface area contributed by atoms with Crippen LogP contribution in [0.15, 0.2) is 131 Å². The van der Waals surface area contributed by atoms with E-state index < -0.39 is 321 Å². The Bertz CT molecular complexity index is 5220. The molecule has 4 fully saturated rings. The lowest BCUT2D eigenvalue weighted by Crippen LogP contribution is -2.70.